The maximum absolute atomic E-state index is 12.4. The minimum atomic E-state index is -0.279. The highest BCUT2D eigenvalue weighted by Gasteiger charge is 2.11. The van der Waals surface area contributed by atoms with E-state index in [0.717, 1.165) is 11.3 Å². The summed E-state index contributed by atoms with van der Waals surface area (Å²) in [6, 6.07) is 20.5. The number of benzene rings is 2. The molecule has 3 aromatic rings. The molecule has 27 heavy (non-hydrogen) atoms. The average molecular weight is 363 g/mol. The first-order valence-electron chi connectivity index (χ1n) is 8.50. The van der Waals surface area contributed by atoms with E-state index in [4.69, 9.17) is 15.2 Å². The number of methoxy groups -OCH3 is 1. The van der Waals surface area contributed by atoms with Crippen molar-refractivity contribution in [2.75, 3.05) is 12.8 Å². The van der Waals surface area contributed by atoms with E-state index < -0.39 is 0 Å². The van der Waals surface area contributed by atoms with Crippen LogP contribution in [0.1, 0.15) is 21.6 Å². The molecule has 1 aromatic heterocycles. The third-order valence-electron chi connectivity index (χ3n) is 3.85. The van der Waals surface area contributed by atoms with Crippen molar-refractivity contribution in [1.29, 1.82) is 0 Å². The molecule has 0 unspecified atom stereocenters. The number of amides is 1. The Bertz CT molecular complexity index is 914. The van der Waals surface area contributed by atoms with Gasteiger partial charge in [0.25, 0.3) is 5.91 Å². The Morgan fingerprint density at radius 1 is 1.04 bits per heavy atom. The summed E-state index contributed by atoms with van der Waals surface area (Å²) >= 11 is 0. The molecule has 0 aliphatic carbocycles. The lowest BCUT2D eigenvalue weighted by Gasteiger charge is -2.10. The highest BCUT2D eigenvalue weighted by atomic mass is 16.5. The van der Waals surface area contributed by atoms with Gasteiger partial charge in [-0.3, -0.25) is 4.79 Å². The van der Waals surface area contributed by atoms with E-state index in [1.807, 2.05) is 54.6 Å². The van der Waals surface area contributed by atoms with E-state index >= 15 is 0 Å². The van der Waals surface area contributed by atoms with Gasteiger partial charge in [0.15, 0.2) is 0 Å². The molecule has 0 aliphatic rings. The van der Waals surface area contributed by atoms with Crippen LogP contribution in [0.25, 0.3) is 0 Å². The summed E-state index contributed by atoms with van der Waals surface area (Å²) in [5, 5.41) is 2.85. The Labute approximate surface area is 158 Å². The lowest BCUT2D eigenvalue weighted by atomic mass is 10.2. The molecule has 6 nitrogen and oxygen atoms in total. The number of hydrogen-bond donors (Lipinski definition) is 2. The number of nitrogens with one attached hydrogen (secondary N) is 1. The molecule has 0 fully saturated rings. The monoisotopic (exact) mass is 363 g/mol. The number of rotatable bonds is 7. The minimum absolute atomic E-state index is 0.184. The van der Waals surface area contributed by atoms with Gasteiger partial charge in [-0.05, 0) is 42.0 Å². The first-order chi connectivity index (χ1) is 13.2. The molecule has 0 bridgehead atoms. The predicted molar refractivity (Wildman–Crippen MR) is 103 cm³/mol. The zero-order chi connectivity index (χ0) is 19.1. The molecular formula is C21H21N3O3. The third-order valence-corrected chi connectivity index (χ3v) is 3.85. The van der Waals surface area contributed by atoms with Gasteiger partial charge in [-0.1, -0.05) is 30.3 Å². The number of anilines is 1. The van der Waals surface area contributed by atoms with E-state index in [2.05, 4.69) is 10.3 Å². The molecule has 3 rings (SSSR count). The van der Waals surface area contributed by atoms with Gasteiger partial charge in [0.2, 0.25) is 0 Å². The largest absolute Gasteiger partial charge is 0.457 e. The maximum Gasteiger partial charge on any atom is 0.255 e. The fourth-order valence-corrected chi connectivity index (χ4v) is 2.56. The van der Waals surface area contributed by atoms with Crippen LogP contribution in [0.4, 0.5) is 5.82 Å². The molecule has 0 saturated carbocycles. The molecule has 3 N–H and O–H groups in total. The molecular weight excluding hydrogens is 342 g/mol. The first kappa shape index (κ1) is 18.4. The third kappa shape index (κ3) is 5.05. The predicted octanol–water partition coefficient (Wildman–Crippen LogP) is 3.53. The molecule has 138 valence electrons. The summed E-state index contributed by atoms with van der Waals surface area (Å²) in [6.45, 7) is 0.699. The highest BCUT2D eigenvalue weighted by molar-refractivity contribution is 5.98. The molecule has 0 aliphatic heterocycles. The van der Waals surface area contributed by atoms with Crippen LogP contribution in [0.15, 0.2) is 66.7 Å². The lowest BCUT2D eigenvalue weighted by Crippen LogP contribution is -2.24. The normalized spacial score (nSPS) is 10.4. The van der Waals surface area contributed by atoms with Crippen molar-refractivity contribution < 1.29 is 14.3 Å². The van der Waals surface area contributed by atoms with Gasteiger partial charge < -0.3 is 20.5 Å². The number of para-hydroxylation sites is 1. The van der Waals surface area contributed by atoms with Crippen molar-refractivity contribution in [3.8, 4) is 11.5 Å². The number of carbonyl (C=O) groups is 1. The van der Waals surface area contributed by atoms with Crippen LogP contribution in [0, 0.1) is 0 Å². The number of aromatic nitrogens is 1. The summed E-state index contributed by atoms with van der Waals surface area (Å²) < 4.78 is 10.8. The van der Waals surface area contributed by atoms with E-state index in [0.29, 0.717) is 30.2 Å². The summed E-state index contributed by atoms with van der Waals surface area (Å²) in [4.78, 5) is 16.6. The van der Waals surface area contributed by atoms with E-state index in [1.165, 1.54) is 0 Å². The van der Waals surface area contributed by atoms with E-state index in [-0.39, 0.29) is 11.7 Å². The van der Waals surface area contributed by atoms with Crippen LogP contribution in [-0.2, 0) is 17.9 Å². The average Bonchev–Trinajstić information content (AvgIpc) is 2.68. The van der Waals surface area contributed by atoms with Crippen LogP contribution in [0.3, 0.4) is 0 Å². The van der Waals surface area contributed by atoms with Crippen LogP contribution in [0.2, 0.25) is 0 Å². The molecule has 6 heteroatoms. The van der Waals surface area contributed by atoms with E-state index in [9.17, 15) is 4.79 Å². The number of nitrogen functional groups attached to an aromatic ring is 1. The second-order valence-electron chi connectivity index (χ2n) is 5.91. The highest BCUT2D eigenvalue weighted by Crippen LogP contribution is 2.21. The SMILES string of the molecule is COCc1ccc(C(=O)NCc2cccc(Oc3ccccc3)c2)c(N)n1. The maximum atomic E-state index is 12.4. The quantitative estimate of drug-likeness (QED) is 0.671. The molecule has 0 radical (unpaired) electrons. The van der Waals surface area contributed by atoms with Gasteiger partial charge in [-0.25, -0.2) is 4.98 Å². The fraction of sp³-hybridized carbons (Fsp3) is 0.143. The molecule has 1 amide bonds. The van der Waals surface area contributed by atoms with Crippen molar-refractivity contribution in [3.05, 3.63) is 83.6 Å². The standard InChI is InChI=1S/C21H21N3O3/c1-26-14-16-10-11-19(20(22)24-16)21(25)23-13-15-6-5-9-18(12-15)27-17-7-3-2-4-8-17/h2-12H,13-14H2,1H3,(H2,22,24)(H,23,25). The smallest absolute Gasteiger partial charge is 0.255 e. The molecule has 2 aromatic carbocycles. The lowest BCUT2D eigenvalue weighted by molar-refractivity contribution is 0.0951. The van der Waals surface area contributed by atoms with Crippen molar-refractivity contribution in [2.24, 2.45) is 0 Å². The Kier molecular flexibility index (Phi) is 6.02. The van der Waals surface area contributed by atoms with Gasteiger partial charge in [0.1, 0.15) is 17.3 Å². The number of hydrogen-bond acceptors (Lipinski definition) is 5. The minimum Gasteiger partial charge on any atom is -0.457 e. The second-order valence-corrected chi connectivity index (χ2v) is 5.91. The van der Waals surface area contributed by atoms with Crippen LogP contribution >= 0.6 is 0 Å². The van der Waals surface area contributed by atoms with Gasteiger partial charge in [0, 0.05) is 13.7 Å². The van der Waals surface area contributed by atoms with Gasteiger partial charge in [0.05, 0.1) is 17.9 Å². The van der Waals surface area contributed by atoms with E-state index in [1.54, 1.807) is 19.2 Å². The van der Waals surface area contributed by atoms with Crippen molar-refractivity contribution in [1.82, 2.24) is 10.3 Å². The molecule has 0 saturated heterocycles. The van der Waals surface area contributed by atoms with Gasteiger partial charge >= 0.3 is 0 Å². The number of ether oxygens (including phenoxy) is 2. The number of nitrogens with two attached hydrogens (primary N) is 1. The van der Waals surface area contributed by atoms with Crippen molar-refractivity contribution in [3.63, 3.8) is 0 Å². The zero-order valence-electron chi connectivity index (χ0n) is 15.0. The molecule has 1 heterocycles. The van der Waals surface area contributed by atoms with Crippen LogP contribution in [-0.4, -0.2) is 18.0 Å². The Morgan fingerprint density at radius 3 is 2.56 bits per heavy atom. The Balaban J connectivity index is 1.63. The summed E-state index contributed by atoms with van der Waals surface area (Å²) in [7, 11) is 1.58. The summed E-state index contributed by atoms with van der Waals surface area (Å²) in [6.07, 6.45) is 0. The van der Waals surface area contributed by atoms with Crippen LogP contribution in [0.5, 0.6) is 11.5 Å². The van der Waals surface area contributed by atoms with Gasteiger partial charge in [-0.2, -0.15) is 0 Å². The number of carbonyl (C=O) groups excluding carboxylic acids is 1. The topological polar surface area (TPSA) is 86.5 Å². The number of pyridine rings is 1. The van der Waals surface area contributed by atoms with Gasteiger partial charge in [-0.15, -0.1) is 0 Å². The fourth-order valence-electron chi connectivity index (χ4n) is 2.56. The summed E-state index contributed by atoms with van der Waals surface area (Å²) in [5.74, 6) is 1.37. The van der Waals surface area contributed by atoms with Crippen molar-refractivity contribution in [2.45, 2.75) is 13.2 Å². The Morgan fingerprint density at radius 2 is 1.81 bits per heavy atom. The molecule has 0 spiro atoms. The van der Waals surface area contributed by atoms with Crippen LogP contribution < -0.4 is 15.8 Å². The second kappa shape index (κ2) is 8.82. The Hall–Kier alpha value is -3.38. The number of nitrogens with zero attached hydrogens (tertiary/aromatic N) is 1. The summed E-state index contributed by atoms with van der Waals surface area (Å²) in [5.41, 5.74) is 7.82. The first-order valence-corrected chi connectivity index (χ1v) is 8.50. The zero-order valence-corrected chi connectivity index (χ0v) is 15.0. The molecule has 0 atom stereocenters. The van der Waals surface area contributed by atoms with Crippen molar-refractivity contribution >= 4 is 11.7 Å².